The lowest BCUT2D eigenvalue weighted by molar-refractivity contribution is -0.140. The predicted octanol–water partition coefficient (Wildman–Crippen LogP) is 1.49. The van der Waals surface area contributed by atoms with Gasteiger partial charge in [-0.05, 0) is 62.1 Å². The van der Waals surface area contributed by atoms with E-state index in [4.69, 9.17) is 16.9 Å². The van der Waals surface area contributed by atoms with Crippen molar-refractivity contribution in [1.82, 2.24) is 10.2 Å². The van der Waals surface area contributed by atoms with E-state index < -0.39 is 23.4 Å². The number of benzene rings is 1. The van der Waals surface area contributed by atoms with Crippen LogP contribution in [0.3, 0.4) is 0 Å². The van der Waals surface area contributed by atoms with Gasteiger partial charge < -0.3 is 20.7 Å². The third kappa shape index (κ3) is 4.68. The van der Waals surface area contributed by atoms with E-state index in [1.807, 2.05) is 24.3 Å². The van der Waals surface area contributed by atoms with Crippen LogP contribution in [-0.4, -0.2) is 47.9 Å². The van der Waals surface area contributed by atoms with Gasteiger partial charge in [0.1, 0.15) is 11.8 Å². The molecule has 1 aromatic carbocycles. The molecule has 1 aliphatic heterocycles. The van der Waals surface area contributed by atoms with E-state index in [0.29, 0.717) is 18.9 Å². The highest BCUT2D eigenvalue weighted by Crippen LogP contribution is 2.50. The number of hydrogen-bond acceptors (Lipinski definition) is 4. The number of rotatable bonds is 9. The van der Waals surface area contributed by atoms with Crippen molar-refractivity contribution in [2.24, 2.45) is 11.7 Å². The molecule has 2 saturated carbocycles. The molecule has 1 saturated heterocycles. The molecule has 0 radical (unpaired) electrons. The number of hydrogen-bond donors (Lipinski definition) is 2. The van der Waals surface area contributed by atoms with Crippen LogP contribution >= 0.6 is 0 Å². The number of carbonyl (C=O) groups excluding carboxylic acids is 3. The van der Waals surface area contributed by atoms with Crippen molar-refractivity contribution in [1.29, 1.82) is 0 Å². The molecule has 31 heavy (non-hydrogen) atoms. The zero-order valence-electron chi connectivity index (χ0n) is 17.6. The summed E-state index contributed by atoms with van der Waals surface area (Å²) in [5, 5.41) is 2.69. The van der Waals surface area contributed by atoms with Gasteiger partial charge in [0, 0.05) is 6.54 Å². The molecule has 3 amide bonds. The van der Waals surface area contributed by atoms with E-state index in [2.05, 4.69) is 11.2 Å². The Morgan fingerprint density at radius 1 is 1.23 bits per heavy atom. The van der Waals surface area contributed by atoms with Crippen LogP contribution in [-0.2, 0) is 19.8 Å². The third-order valence-corrected chi connectivity index (χ3v) is 6.49. The van der Waals surface area contributed by atoms with Gasteiger partial charge in [0.25, 0.3) is 0 Å². The minimum Gasteiger partial charge on any atom is -0.493 e. The lowest BCUT2D eigenvalue weighted by Gasteiger charge is -2.29. The second-order valence-electron chi connectivity index (χ2n) is 8.92. The molecule has 0 unspecified atom stereocenters. The summed E-state index contributed by atoms with van der Waals surface area (Å²) in [5.74, 6) is 2.98. The highest BCUT2D eigenvalue weighted by atomic mass is 16.5. The smallest absolute Gasteiger partial charge is 0.243 e. The standard InChI is InChI=1S/C24H29N3O4/c1-2-18(14-21(25)28)26-22(29)20-4-3-13-27(20)23(30)24(11-12-24)17-7-9-19(10-8-17)31-15-16-5-6-16/h1,7-10,16,18,20H,3-6,11-15H2,(H2,25,28)(H,26,29)/t18-,20+/m1/s1. The normalized spacial score (nSPS) is 22.3. The largest absolute Gasteiger partial charge is 0.493 e. The van der Waals surface area contributed by atoms with Crippen LogP contribution in [0.25, 0.3) is 0 Å². The maximum Gasteiger partial charge on any atom is 0.243 e. The predicted molar refractivity (Wildman–Crippen MR) is 115 cm³/mol. The Morgan fingerprint density at radius 3 is 2.52 bits per heavy atom. The topological polar surface area (TPSA) is 102 Å². The van der Waals surface area contributed by atoms with Crippen LogP contribution < -0.4 is 15.8 Å². The minimum absolute atomic E-state index is 0.0102. The van der Waals surface area contributed by atoms with Crippen LogP contribution in [0.5, 0.6) is 5.75 Å². The maximum atomic E-state index is 13.5. The first-order valence-corrected chi connectivity index (χ1v) is 11.0. The average molecular weight is 424 g/mol. The minimum atomic E-state index is -0.763. The Labute approximate surface area is 182 Å². The van der Waals surface area contributed by atoms with Gasteiger partial charge in [-0.15, -0.1) is 6.42 Å². The monoisotopic (exact) mass is 423 g/mol. The molecule has 1 aromatic rings. The van der Waals surface area contributed by atoms with Gasteiger partial charge in [-0.3, -0.25) is 14.4 Å². The van der Waals surface area contributed by atoms with Gasteiger partial charge in [0.2, 0.25) is 17.7 Å². The van der Waals surface area contributed by atoms with Crippen LogP contribution in [0.2, 0.25) is 0 Å². The van der Waals surface area contributed by atoms with E-state index >= 15 is 0 Å². The molecule has 0 aromatic heterocycles. The number of likely N-dealkylation sites (tertiary alicyclic amines) is 1. The number of carbonyl (C=O) groups is 3. The molecular formula is C24H29N3O4. The first-order valence-electron chi connectivity index (χ1n) is 11.0. The SMILES string of the molecule is C#C[C@H](CC(N)=O)NC(=O)[C@@H]1CCCN1C(=O)C1(c2ccc(OCC3CC3)cc2)CC1. The number of ether oxygens (including phenoxy) is 1. The summed E-state index contributed by atoms with van der Waals surface area (Å²) in [4.78, 5) is 39.1. The van der Waals surface area contributed by atoms with Crippen molar-refractivity contribution in [2.45, 2.75) is 62.4 Å². The molecule has 2 aliphatic carbocycles. The number of nitrogens with zero attached hydrogens (tertiary/aromatic N) is 1. The molecule has 7 nitrogen and oxygen atoms in total. The molecule has 164 valence electrons. The first-order chi connectivity index (χ1) is 14.9. The molecule has 3 N–H and O–H groups in total. The second kappa shape index (κ2) is 8.62. The molecular weight excluding hydrogens is 394 g/mol. The molecule has 3 fully saturated rings. The lowest BCUT2D eigenvalue weighted by atomic mass is 9.93. The number of amides is 3. The van der Waals surface area contributed by atoms with Crippen molar-refractivity contribution in [3.8, 4) is 18.1 Å². The van der Waals surface area contributed by atoms with Gasteiger partial charge in [-0.2, -0.15) is 0 Å². The van der Waals surface area contributed by atoms with Gasteiger partial charge >= 0.3 is 0 Å². The van der Waals surface area contributed by atoms with Gasteiger partial charge in [0.05, 0.1) is 24.5 Å². The van der Waals surface area contributed by atoms with Crippen LogP contribution in [0.4, 0.5) is 0 Å². The number of nitrogens with one attached hydrogen (secondary N) is 1. The summed E-state index contributed by atoms with van der Waals surface area (Å²) >= 11 is 0. The van der Waals surface area contributed by atoms with Crippen molar-refractivity contribution in [3.63, 3.8) is 0 Å². The fraction of sp³-hybridized carbons (Fsp3) is 0.542. The van der Waals surface area contributed by atoms with Crippen LogP contribution in [0.15, 0.2) is 24.3 Å². The Kier molecular flexibility index (Phi) is 5.90. The fourth-order valence-electron chi connectivity index (χ4n) is 4.30. The van der Waals surface area contributed by atoms with E-state index in [9.17, 15) is 14.4 Å². The highest BCUT2D eigenvalue weighted by Gasteiger charge is 2.55. The third-order valence-electron chi connectivity index (χ3n) is 6.49. The van der Waals surface area contributed by atoms with E-state index in [0.717, 1.165) is 37.2 Å². The van der Waals surface area contributed by atoms with Gasteiger partial charge in [0.15, 0.2) is 0 Å². The lowest BCUT2D eigenvalue weighted by Crippen LogP contribution is -2.51. The first kappa shape index (κ1) is 21.2. The Bertz CT molecular complexity index is 896. The molecule has 0 bridgehead atoms. The second-order valence-corrected chi connectivity index (χ2v) is 8.92. The fourth-order valence-corrected chi connectivity index (χ4v) is 4.30. The van der Waals surface area contributed by atoms with Crippen LogP contribution in [0, 0.1) is 18.3 Å². The number of nitrogens with two attached hydrogens (primary N) is 1. The Hall–Kier alpha value is -3.01. The molecule has 4 rings (SSSR count). The van der Waals surface area contributed by atoms with E-state index in [-0.39, 0.29) is 18.2 Å². The summed E-state index contributed by atoms with van der Waals surface area (Å²) < 4.78 is 5.80. The average Bonchev–Trinajstić information content (AvgIpc) is 3.69. The van der Waals surface area contributed by atoms with Crippen molar-refractivity contribution >= 4 is 17.7 Å². The van der Waals surface area contributed by atoms with Crippen LogP contribution in [0.1, 0.15) is 50.5 Å². The molecule has 0 spiro atoms. The zero-order valence-corrected chi connectivity index (χ0v) is 17.6. The van der Waals surface area contributed by atoms with Crippen molar-refractivity contribution in [2.75, 3.05) is 13.2 Å². The summed E-state index contributed by atoms with van der Waals surface area (Å²) in [6, 6.07) is 6.47. The van der Waals surface area contributed by atoms with Gasteiger partial charge in [-0.1, -0.05) is 18.1 Å². The summed E-state index contributed by atoms with van der Waals surface area (Å²) in [5.41, 5.74) is 5.60. The summed E-state index contributed by atoms with van der Waals surface area (Å²) in [6.07, 6.45) is 10.6. The molecule has 7 heteroatoms. The summed E-state index contributed by atoms with van der Waals surface area (Å²) in [6.45, 7) is 1.29. The summed E-state index contributed by atoms with van der Waals surface area (Å²) in [7, 11) is 0. The number of terminal acetylenes is 1. The molecule has 1 heterocycles. The zero-order chi connectivity index (χ0) is 22.0. The quantitative estimate of drug-likeness (QED) is 0.588. The van der Waals surface area contributed by atoms with E-state index in [1.165, 1.54) is 12.8 Å². The van der Waals surface area contributed by atoms with Gasteiger partial charge in [-0.25, -0.2) is 0 Å². The molecule has 3 aliphatic rings. The Balaban J connectivity index is 1.42. The van der Waals surface area contributed by atoms with Crippen molar-refractivity contribution in [3.05, 3.63) is 29.8 Å². The van der Waals surface area contributed by atoms with E-state index in [1.54, 1.807) is 4.90 Å². The highest BCUT2D eigenvalue weighted by molar-refractivity contribution is 5.96. The number of primary amides is 1. The van der Waals surface area contributed by atoms with Crippen molar-refractivity contribution < 1.29 is 19.1 Å². The Morgan fingerprint density at radius 2 is 1.94 bits per heavy atom. The maximum absolute atomic E-state index is 13.5. The molecule has 2 atom stereocenters.